The number of rotatable bonds is 1. The summed E-state index contributed by atoms with van der Waals surface area (Å²) < 4.78 is 5.11. The predicted octanol–water partition coefficient (Wildman–Crippen LogP) is 1.67. The van der Waals surface area contributed by atoms with E-state index in [1.165, 1.54) is 0 Å². The van der Waals surface area contributed by atoms with Gasteiger partial charge < -0.3 is 9.84 Å². The van der Waals surface area contributed by atoms with Crippen LogP contribution < -0.4 is 4.74 Å². The van der Waals surface area contributed by atoms with Crippen LogP contribution >= 0.6 is 0 Å². The third kappa shape index (κ3) is 1.30. The molecule has 3 nitrogen and oxygen atoms in total. The lowest BCUT2D eigenvalue weighted by Gasteiger charge is -2.27. The molecular formula is C11H12O3. The zero-order valence-electron chi connectivity index (χ0n) is 7.93. The molecule has 3 heteroatoms. The molecule has 1 aliphatic heterocycles. The van der Waals surface area contributed by atoms with Gasteiger partial charge in [-0.2, -0.15) is 0 Å². The minimum Gasteiger partial charge on any atom is -0.426 e. The van der Waals surface area contributed by atoms with Crippen molar-refractivity contribution in [3.63, 3.8) is 0 Å². The Hall–Kier alpha value is -1.35. The number of para-hydroxylation sites is 1. The molecular weight excluding hydrogens is 180 g/mol. The van der Waals surface area contributed by atoms with E-state index in [2.05, 4.69) is 0 Å². The highest BCUT2D eigenvalue weighted by Gasteiger charge is 2.34. The van der Waals surface area contributed by atoms with E-state index in [9.17, 15) is 9.90 Å². The van der Waals surface area contributed by atoms with E-state index < -0.39 is 12.0 Å². The number of carbonyl (C=O) groups is 1. The van der Waals surface area contributed by atoms with Gasteiger partial charge in [0.05, 0.1) is 12.0 Å². The summed E-state index contributed by atoms with van der Waals surface area (Å²) in [5.41, 5.74) is 0.707. The maximum absolute atomic E-state index is 11.4. The summed E-state index contributed by atoms with van der Waals surface area (Å²) in [6.07, 6.45) is -0.133. The van der Waals surface area contributed by atoms with Gasteiger partial charge in [-0.05, 0) is 12.5 Å². The highest BCUT2D eigenvalue weighted by Crippen LogP contribution is 2.36. The third-order valence-corrected chi connectivity index (χ3v) is 2.57. The molecule has 2 atom stereocenters. The molecule has 1 aliphatic rings. The first-order valence-corrected chi connectivity index (χ1v) is 4.72. The Bertz CT molecular complexity index is 359. The van der Waals surface area contributed by atoms with Crippen molar-refractivity contribution in [3.8, 4) is 5.75 Å². The van der Waals surface area contributed by atoms with E-state index in [-0.39, 0.29) is 5.97 Å². The van der Waals surface area contributed by atoms with Crippen LogP contribution in [0.3, 0.4) is 0 Å². The van der Waals surface area contributed by atoms with Crippen LogP contribution in [0.1, 0.15) is 25.0 Å². The van der Waals surface area contributed by atoms with Gasteiger partial charge in [0, 0.05) is 5.56 Å². The molecule has 2 rings (SSSR count). The molecule has 0 saturated carbocycles. The molecule has 0 bridgehead atoms. The maximum atomic E-state index is 11.4. The van der Waals surface area contributed by atoms with Gasteiger partial charge in [-0.25, -0.2) is 0 Å². The van der Waals surface area contributed by atoms with E-state index in [4.69, 9.17) is 4.74 Å². The van der Waals surface area contributed by atoms with Crippen molar-refractivity contribution in [2.75, 3.05) is 0 Å². The van der Waals surface area contributed by atoms with Crippen molar-refractivity contribution in [1.29, 1.82) is 0 Å². The average Bonchev–Trinajstić information content (AvgIpc) is 2.18. The third-order valence-electron chi connectivity index (χ3n) is 2.57. The second-order valence-corrected chi connectivity index (χ2v) is 3.42. The molecule has 0 spiro atoms. The first-order valence-electron chi connectivity index (χ1n) is 4.72. The highest BCUT2D eigenvalue weighted by molar-refractivity contribution is 5.78. The van der Waals surface area contributed by atoms with Crippen LogP contribution in [-0.2, 0) is 4.79 Å². The van der Waals surface area contributed by atoms with Gasteiger partial charge in [0.15, 0.2) is 0 Å². The molecule has 1 aromatic carbocycles. The van der Waals surface area contributed by atoms with Gasteiger partial charge in [0.2, 0.25) is 0 Å². The lowest BCUT2D eigenvalue weighted by Crippen LogP contribution is -2.31. The van der Waals surface area contributed by atoms with Crippen LogP contribution in [0.2, 0.25) is 0 Å². The number of aliphatic hydroxyl groups excluding tert-OH is 1. The van der Waals surface area contributed by atoms with E-state index >= 15 is 0 Å². The molecule has 1 heterocycles. The summed E-state index contributed by atoms with van der Waals surface area (Å²) in [4.78, 5) is 11.4. The summed E-state index contributed by atoms with van der Waals surface area (Å²) in [6, 6.07) is 7.09. The highest BCUT2D eigenvalue weighted by atomic mass is 16.5. The second-order valence-electron chi connectivity index (χ2n) is 3.42. The van der Waals surface area contributed by atoms with E-state index in [1.807, 2.05) is 13.0 Å². The van der Waals surface area contributed by atoms with Gasteiger partial charge in [0.1, 0.15) is 5.75 Å². The summed E-state index contributed by atoms with van der Waals surface area (Å²) >= 11 is 0. The van der Waals surface area contributed by atoms with Crippen molar-refractivity contribution in [3.05, 3.63) is 29.8 Å². The zero-order chi connectivity index (χ0) is 10.1. The van der Waals surface area contributed by atoms with Gasteiger partial charge >= 0.3 is 5.97 Å². The fourth-order valence-electron chi connectivity index (χ4n) is 1.74. The van der Waals surface area contributed by atoms with E-state index in [1.54, 1.807) is 18.2 Å². The first-order chi connectivity index (χ1) is 6.74. The number of aliphatic hydroxyl groups is 1. The van der Waals surface area contributed by atoms with Crippen LogP contribution in [0.5, 0.6) is 5.75 Å². The maximum Gasteiger partial charge on any atom is 0.317 e. The SMILES string of the molecule is CCC1C(=O)Oc2ccccc2C1O. The monoisotopic (exact) mass is 192 g/mol. The van der Waals surface area contributed by atoms with Crippen LogP contribution in [-0.4, -0.2) is 11.1 Å². The number of carbonyl (C=O) groups excluding carboxylic acids is 1. The molecule has 1 aromatic rings. The van der Waals surface area contributed by atoms with Gasteiger partial charge in [0.25, 0.3) is 0 Å². The van der Waals surface area contributed by atoms with Crippen molar-refractivity contribution in [1.82, 2.24) is 0 Å². The standard InChI is InChI=1S/C11H12O3/c1-2-7-10(12)8-5-3-4-6-9(8)14-11(7)13/h3-7,10,12H,2H2,1H3. The summed E-state index contributed by atoms with van der Waals surface area (Å²) in [6.45, 7) is 1.86. The number of hydrogen-bond donors (Lipinski definition) is 1. The summed E-state index contributed by atoms with van der Waals surface area (Å²) in [5, 5.41) is 9.89. The molecule has 1 N–H and O–H groups in total. The lowest BCUT2D eigenvalue weighted by molar-refractivity contribution is -0.145. The van der Waals surface area contributed by atoms with E-state index in [0.717, 1.165) is 0 Å². The Labute approximate surface area is 82.3 Å². The minimum atomic E-state index is -0.725. The van der Waals surface area contributed by atoms with Crippen LogP contribution in [0.25, 0.3) is 0 Å². The van der Waals surface area contributed by atoms with E-state index in [0.29, 0.717) is 17.7 Å². The largest absolute Gasteiger partial charge is 0.426 e. The van der Waals surface area contributed by atoms with Crippen LogP contribution in [0.15, 0.2) is 24.3 Å². The van der Waals surface area contributed by atoms with Crippen molar-refractivity contribution in [2.45, 2.75) is 19.4 Å². The average molecular weight is 192 g/mol. The van der Waals surface area contributed by atoms with Gasteiger partial charge in [-0.1, -0.05) is 25.1 Å². The van der Waals surface area contributed by atoms with Crippen LogP contribution in [0.4, 0.5) is 0 Å². The molecule has 74 valence electrons. The Morgan fingerprint density at radius 3 is 2.86 bits per heavy atom. The molecule has 0 aliphatic carbocycles. The summed E-state index contributed by atoms with van der Waals surface area (Å²) in [7, 11) is 0. The van der Waals surface area contributed by atoms with Gasteiger partial charge in [-0.15, -0.1) is 0 Å². The van der Waals surface area contributed by atoms with Crippen molar-refractivity contribution in [2.24, 2.45) is 5.92 Å². The molecule has 0 radical (unpaired) electrons. The fourth-order valence-corrected chi connectivity index (χ4v) is 1.74. The van der Waals surface area contributed by atoms with Crippen molar-refractivity contribution >= 4 is 5.97 Å². The Kier molecular flexibility index (Phi) is 2.25. The Morgan fingerprint density at radius 1 is 1.43 bits per heavy atom. The van der Waals surface area contributed by atoms with Gasteiger partial charge in [-0.3, -0.25) is 4.79 Å². The topological polar surface area (TPSA) is 46.5 Å². The second kappa shape index (κ2) is 3.42. The van der Waals surface area contributed by atoms with Crippen molar-refractivity contribution < 1.29 is 14.6 Å². The summed E-state index contributed by atoms with van der Waals surface area (Å²) in [5.74, 6) is -0.279. The number of benzene rings is 1. The normalized spacial score (nSPS) is 25.4. The number of fused-ring (bicyclic) bond motifs is 1. The lowest BCUT2D eigenvalue weighted by atomic mass is 9.91. The zero-order valence-corrected chi connectivity index (χ0v) is 7.93. The molecule has 0 saturated heterocycles. The number of hydrogen-bond acceptors (Lipinski definition) is 3. The number of esters is 1. The Balaban J connectivity index is 2.43. The van der Waals surface area contributed by atoms with Crippen LogP contribution in [0, 0.1) is 5.92 Å². The molecule has 14 heavy (non-hydrogen) atoms. The quantitative estimate of drug-likeness (QED) is 0.543. The Morgan fingerprint density at radius 2 is 2.14 bits per heavy atom. The molecule has 0 aromatic heterocycles. The number of ether oxygens (including phenoxy) is 1. The fraction of sp³-hybridized carbons (Fsp3) is 0.364. The minimum absolute atomic E-state index is 0.335. The molecule has 0 amide bonds. The predicted molar refractivity (Wildman–Crippen MR) is 50.8 cm³/mol. The molecule has 0 fully saturated rings. The molecule has 2 unspecified atom stereocenters. The first kappa shape index (κ1) is 9.21. The smallest absolute Gasteiger partial charge is 0.317 e.